The van der Waals surface area contributed by atoms with Crippen molar-refractivity contribution in [3.8, 4) is 0 Å². The molecule has 0 bridgehead atoms. The maximum Gasteiger partial charge on any atom is 0.305 e. The van der Waals surface area contributed by atoms with Crippen molar-refractivity contribution in [3.05, 3.63) is 39.7 Å². The van der Waals surface area contributed by atoms with E-state index in [1.165, 1.54) is 0 Å². The number of carbonyl (C=O) groups excluding carboxylic acids is 1. The number of nitrogens with one attached hydrogen (secondary N) is 1. The van der Waals surface area contributed by atoms with Gasteiger partial charge in [0.1, 0.15) is 0 Å². The highest BCUT2D eigenvalue weighted by atomic mass is 19.1. The van der Waals surface area contributed by atoms with Gasteiger partial charge in [-0.25, -0.2) is 0 Å². The molecule has 0 saturated carbocycles. The second-order valence-corrected chi connectivity index (χ2v) is 3.70. The molecule has 0 aliphatic rings. The minimum Gasteiger partial charge on any atom is -0.391 e. The van der Waals surface area contributed by atoms with E-state index >= 15 is 0 Å². The number of nitrogens with zero attached hydrogens (tertiary/aromatic N) is 1. The smallest absolute Gasteiger partial charge is 0.305 e. The van der Waals surface area contributed by atoms with Crippen LogP contribution in [0.5, 0.6) is 0 Å². The van der Waals surface area contributed by atoms with Gasteiger partial charge in [-0.1, -0.05) is 6.92 Å². The lowest BCUT2D eigenvalue weighted by molar-refractivity contribution is -0.387. The second kappa shape index (κ2) is 6.06. The first kappa shape index (κ1) is 14.0. The van der Waals surface area contributed by atoms with E-state index in [9.17, 15) is 24.4 Å². The second-order valence-electron chi connectivity index (χ2n) is 3.70. The molecule has 0 radical (unpaired) electrons. The lowest BCUT2D eigenvalue weighted by Gasteiger charge is -2.09. The highest BCUT2D eigenvalue weighted by Gasteiger charge is 2.17. The normalized spacial score (nSPS) is 11.9. The maximum absolute atomic E-state index is 13.0. The molecule has 2 N–H and O–H groups in total. The summed E-state index contributed by atoms with van der Waals surface area (Å²) in [6.45, 7) is 1.79. The predicted octanol–water partition coefficient (Wildman–Crippen LogP) is 1.23. The standard InChI is InChI=1S/C11H13FN2O4/c1-2-8(15)6-13-11(16)7-3-4-9(12)10(5-7)14(17)18/h3-5,8,15H,2,6H2,1H3,(H,13,16). The summed E-state index contributed by atoms with van der Waals surface area (Å²) in [4.78, 5) is 21.2. The summed E-state index contributed by atoms with van der Waals surface area (Å²) in [5.41, 5.74) is -0.773. The van der Waals surface area contributed by atoms with Gasteiger partial charge in [0.2, 0.25) is 5.82 Å². The summed E-state index contributed by atoms with van der Waals surface area (Å²) in [5.74, 6) is -1.59. The van der Waals surface area contributed by atoms with Crippen molar-refractivity contribution in [1.29, 1.82) is 0 Å². The summed E-state index contributed by atoms with van der Waals surface area (Å²) < 4.78 is 13.0. The number of carbonyl (C=O) groups is 1. The fraction of sp³-hybridized carbons (Fsp3) is 0.364. The van der Waals surface area contributed by atoms with E-state index in [1.807, 2.05) is 0 Å². The van der Waals surface area contributed by atoms with Crippen LogP contribution in [0.15, 0.2) is 18.2 Å². The fourth-order valence-electron chi connectivity index (χ4n) is 1.25. The van der Waals surface area contributed by atoms with Crippen molar-refractivity contribution in [1.82, 2.24) is 5.32 Å². The molecule has 1 aromatic rings. The monoisotopic (exact) mass is 256 g/mol. The molecule has 0 saturated heterocycles. The Labute approximate surface area is 103 Å². The Hall–Kier alpha value is -2.02. The van der Waals surface area contributed by atoms with Crippen LogP contribution in [0.3, 0.4) is 0 Å². The Morgan fingerprint density at radius 1 is 1.61 bits per heavy atom. The SMILES string of the molecule is CCC(O)CNC(=O)c1ccc(F)c([N+](=O)[O-])c1. The zero-order valence-electron chi connectivity index (χ0n) is 9.72. The van der Waals surface area contributed by atoms with E-state index in [-0.39, 0.29) is 12.1 Å². The minimum absolute atomic E-state index is 0.0218. The molecule has 0 fully saturated rings. The lowest BCUT2D eigenvalue weighted by atomic mass is 10.1. The summed E-state index contributed by atoms with van der Waals surface area (Å²) >= 11 is 0. The van der Waals surface area contributed by atoms with E-state index in [2.05, 4.69) is 5.32 Å². The molecule has 0 spiro atoms. The molecule has 1 unspecified atom stereocenters. The van der Waals surface area contributed by atoms with Crippen LogP contribution in [0.1, 0.15) is 23.7 Å². The zero-order valence-corrected chi connectivity index (χ0v) is 9.72. The van der Waals surface area contributed by atoms with Gasteiger partial charge in [-0.2, -0.15) is 4.39 Å². The third-order valence-electron chi connectivity index (χ3n) is 2.37. The van der Waals surface area contributed by atoms with E-state index in [0.29, 0.717) is 6.42 Å². The first-order valence-electron chi connectivity index (χ1n) is 5.36. The number of nitro benzene ring substituents is 1. The van der Waals surface area contributed by atoms with Gasteiger partial charge < -0.3 is 10.4 Å². The number of aliphatic hydroxyl groups excluding tert-OH is 1. The van der Waals surface area contributed by atoms with E-state index in [1.54, 1.807) is 6.92 Å². The van der Waals surface area contributed by atoms with Gasteiger partial charge >= 0.3 is 5.69 Å². The summed E-state index contributed by atoms with van der Waals surface area (Å²) in [7, 11) is 0. The molecule has 18 heavy (non-hydrogen) atoms. The highest BCUT2D eigenvalue weighted by molar-refractivity contribution is 5.94. The molecule has 0 aliphatic carbocycles. The Balaban J connectivity index is 2.80. The van der Waals surface area contributed by atoms with Gasteiger partial charge in [-0.3, -0.25) is 14.9 Å². The number of nitro groups is 1. The number of benzene rings is 1. The van der Waals surface area contributed by atoms with E-state index in [0.717, 1.165) is 18.2 Å². The van der Waals surface area contributed by atoms with Crippen LogP contribution < -0.4 is 5.32 Å². The Morgan fingerprint density at radius 3 is 2.83 bits per heavy atom. The van der Waals surface area contributed by atoms with Crippen LogP contribution in [-0.2, 0) is 0 Å². The first-order chi connectivity index (χ1) is 8.45. The Morgan fingerprint density at radius 2 is 2.28 bits per heavy atom. The molecule has 1 atom stereocenters. The summed E-state index contributed by atoms with van der Waals surface area (Å²) in [5, 5.41) is 22.2. The number of hydrogen-bond donors (Lipinski definition) is 2. The van der Waals surface area contributed by atoms with Crippen LogP contribution in [-0.4, -0.2) is 28.6 Å². The Bertz CT molecular complexity index is 464. The van der Waals surface area contributed by atoms with E-state index in [4.69, 9.17) is 0 Å². The van der Waals surface area contributed by atoms with Gasteiger partial charge in [0.25, 0.3) is 5.91 Å². The third kappa shape index (κ3) is 3.49. The molecule has 6 nitrogen and oxygen atoms in total. The number of amides is 1. The molecular formula is C11H13FN2O4. The van der Waals surface area contributed by atoms with Gasteiger partial charge in [-0.05, 0) is 18.6 Å². The molecule has 1 amide bonds. The number of aliphatic hydroxyl groups is 1. The topological polar surface area (TPSA) is 92.5 Å². The van der Waals surface area contributed by atoms with Crippen LogP contribution in [0.2, 0.25) is 0 Å². The van der Waals surface area contributed by atoms with Gasteiger partial charge in [-0.15, -0.1) is 0 Å². The van der Waals surface area contributed by atoms with Crippen molar-refractivity contribution in [2.45, 2.75) is 19.4 Å². The molecule has 0 aliphatic heterocycles. The fourth-order valence-corrected chi connectivity index (χ4v) is 1.25. The van der Waals surface area contributed by atoms with Crippen LogP contribution in [0, 0.1) is 15.9 Å². The summed E-state index contributed by atoms with van der Waals surface area (Å²) in [6, 6.07) is 2.88. The number of halogens is 1. The molecule has 0 heterocycles. The van der Waals surface area contributed by atoms with Gasteiger partial charge in [0.15, 0.2) is 0 Å². The maximum atomic E-state index is 13.0. The van der Waals surface area contributed by atoms with Crippen molar-refractivity contribution < 1.29 is 19.2 Å². The quantitative estimate of drug-likeness (QED) is 0.612. The largest absolute Gasteiger partial charge is 0.391 e. The van der Waals surface area contributed by atoms with Crippen molar-refractivity contribution in [3.63, 3.8) is 0 Å². The zero-order chi connectivity index (χ0) is 13.7. The molecule has 7 heteroatoms. The van der Waals surface area contributed by atoms with Crippen molar-refractivity contribution in [2.75, 3.05) is 6.54 Å². The number of rotatable bonds is 5. The average molecular weight is 256 g/mol. The minimum atomic E-state index is -0.995. The van der Waals surface area contributed by atoms with Crippen molar-refractivity contribution in [2.24, 2.45) is 0 Å². The molecule has 0 aromatic heterocycles. The van der Waals surface area contributed by atoms with Crippen molar-refractivity contribution >= 4 is 11.6 Å². The average Bonchev–Trinajstić information content (AvgIpc) is 2.35. The Kier molecular flexibility index (Phi) is 4.73. The molecule has 1 aromatic carbocycles. The molecule has 1 rings (SSSR count). The molecule has 98 valence electrons. The summed E-state index contributed by atoms with van der Waals surface area (Å²) in [6.07, 6.45) is -0.200. The van der Waals surface area contributed by atoms with E-state index < -0.39 is 28.4 Å². The highest BCUT2D eigenvalue weighted by Crippen LogP contribution is 2.18. The van der Waals surface area contributed by atoms with Gasteiger partial charge in [0, 0.05) is 18.2 Å². The van der Waals surface area contributed by atoms with Crippen LogP contribution >= 0.6 is 0 Å². The third-order valence-corrected chi connectivity index (χ3v) is 2.37. The van der Waals surface area contributed by atoms with Crippen LogP contribution in [0.4, 0.5) is 10.1 Å². The van der Waals surface area contributed by atoms with Gasteiger partial charge in [0.05, 0.1) is 11.0 Å². The molecular weight excluding hydrogens is 243 g/mol. The van der Waals surface area contributed by atoms with Crippen LogP contribution in [0.25, 0.3) is 0 Å². The predicted molar refractivity (Wildman–Crippen MR) is 61.7 cm³/mol. The number of hydrogen-bond acceptors (Lipinski definition) is 4. The lowest BCUT2D eigenvalue weighted by Crippen LogP contribution is -2.31. The first-order valence-corrected chi connectivity index (χ1v) is 5.36.